The van der Waals surface area contributed by atoms with Crippen LogP contribution in [-0.4, -0.2) is 44.7 Å². The molecule has 0 aliphatic carbocycles. The van der Waals surface area contributed by atoms with Crippen LogP contribution < -0.4 is 10.1 Å². The average Bonchev–Trinajstić information content (AvgIpc) is 2.77. The lowest BCUT2D eigenvalue weighted by Crippen LogP contribution is -2.33. The quantitative estimate of drug-likeness (QED) is 0.862. The average molecular weight is 268 g/mol. The van der Waals surface area contributed by atoms with Crippen molar-refractivity contribution in [3.63, 3.8) is 0 Å². The van der Waals surface area contributed by atoms with Gasteiger partial charge in [-0.15, -0.1) is 0 Å². The number of amides is 1. The van der Waals surface area contributed by atoms with Crippen molar-refractivity contribution in [2.24, 2.45) is 0 Å². The Labute approximate surface area is 111 Å². The van der Waals surface area contributed by atoms with Gasteiger partial charge < -0.3 is 14.4 Å². The molecule has 104 valence electrons. The maximum absolute atomic E-state index is 13.7. The van der Waals surface area contributed by atoms with Gasteiger partial charge in [0.15, 0.2) is 11.6 Å². The zero-order valence-electron chi connectivity index (χ0n) is 11.0. The molecule has 0 bridgehead atoms. The van der Waals surface area contributed by atoms with E-state index in [4.69, 9.17) is 9.47 Å². The van der Waals surface area contributed by atoms with Crippen molar-refractivity contribution < 1.29 is 18.7 Å². The number of nitrogens with zero attached hydrogens (tertiary/aromatic N) is 1. The summed E-state index contributed by atoms with van der Waals surface area (Å²) in [6.07, 6.45) is -0.317. The number of halogens is 1. The fourth-order valence-electron chi connectivity index (χ4n) is 2.13. The smallest absolute Gasteiger partial charge is 0.238 e. The third kappa shape index (κ3) is 2.85. The van der Waals surface area contributed by atoms with Crippen LogP contribution in [0.15, 0.2) is 18.2 Å². The number of benzene rings is 1. The molecule has 1 aromatic carbocycles. The molecule has 0 spiro atoms. The zero-order valence-corrected chi connectivity index (χ0v) is 11.0. The summed E-state index contributed by atoms with van der Waals surface area (Å²) >= 11 is 0. The van der Waals surface area contributed by atoms with E-state index in [0.29, 0.717) is 18.7 Å². The number of methoxy groups -OCH3 is 2. The molecular formula is C13H17FN2O3. The fourth-order valence-corrected chi connectivity index (χ4v) is 2.13. The van der Waals surface area contributed by atoms with Gasteiger partial charge in [-0.05, 0) is 17.7 Å². The molecule has 0 radical (unpaired) electrons. The molecule has 1 amide bonds. The lowest BCUT2D eigenvalue weighted by atomic mass is 10.1. The van der Waals surface area contributed by atoms with Crippen molar-refractivity contribution in [3.8, 4) is 5.75 Å². The Morgan fingerprint density at radius 3 is 2.89 bits per heavy atom. The molecule has 1 saturated heterocycles. The van der Waals surface area contributed by atoms with Crippen LogP contribution in [0.25, 0.3) is 0 Å². The molecule has 2 rings (SSSR count). The lowest BCUT2D eigenvalue weighted by molar-refractivity contribution is -0.128. The predicted molar refractivity (Wildman–Crippen MR) is 67.3 cm³/mol. The molecule has 1 aliphatic rings. The van der Waals surface area contributed by atoms with Crippen LogP contribution in [-0.2, 0) is 9.53 Å². The number of nitrogens with one attached hydrogen (secondary N) is 1. The molecule has 0 saturated carbocycles. The van der Waals surface area contributed by atoms with Crippen LogP contribution in [0.3, 0.4) is 0 Å². The highest BCUT2D eigenvalue weighted by Crippen LogP contribution is 2.26. The van der Waals surface area contributed by atoms with E-state index < -0.39 is 5.82 Å². The lowest BCUT2D eigenvalue weighted by Gasteiger charge is -2.24. The first-order valence-electron chi connectivity index (χ1n) is 6.02. The molecule has 1 atom stereocenters. The fraction of sp³-hybridized carbons (Fsp3) is 0.462. The van der Waals surface area contributed by atoms with Crippen molar-refractivity contribution in [2.75, 3.05) is 33.9 Å². The van der Waals surface area contributed by atoms with Gasteiger partial charge in [0, 0.05) is 13.7 Å². The van der Waals surface area contributed by atoms with E-state index in [-0.39, 0.29) is 24.4 Å². The Bertz CT molecular complexity index is 467. The van der Waals surface area contributed by atoms with Gasteiger partial charge in [0.25, 0.3) is 0 Å². The van der Waals surface area contributed by atoms with Crippen molar-refractivity contribution >= 4 is 5.91 Å². The summed E-state index contributed by atoms with van der Waals surface area (Å²) in [4.78, 5) is 13.4. The summed E-state index contributed by atoms with van der Waals surface area (Å²) in [5.74, 6) is -0.261. The van der Waals surface area contributed by atoms with E-state index in [9.17, 15) is 9.18 Å². The molecule has 6 heteroatoms. The number of hydrogen-bond donors (Lipinski definition) is 1. The molecule has 1 heterocycles. The summed E-state index contributed by atoms with van der Waals surface area (Å²) in [5, 5.41) is 3.06. The normalized spacial score (nSPS) is 19.0. The maximum atomic E-state index is 13.7. The van der Waals surface area contributed by atoms with E-state index in [2.05, 4.69) is 5.32 Å². The summed E-state index contributed by atoms with van der Waals surface area (Å²) in [5.41, 5.74) is 0.695. The van der Waals surface area contributed by atoms with E-state index in [1.807, 2.05) is 0 Å². The minimum atomic E-state index is -0.437. The van der Waals surface area contributed by atoms with Crippen LogP contribution in [0.4, 0.5) is 4.39 Å². The molecule has 1 fully saturated rings. The predicted octanol–water partition coefficient (Wildman–Crippen LogP) is 0.911. The second-order valence-electron chi connectivity index (χ2n) is 4.26. The number of carbonyl (C=O) groups excluding carboxylic acids is 1. The van der Waals surface area contributed by atoms with Crippen molar-refractivity contribution in [1.82, 2.24) is 10.2 Å². The molecule has 1 aromatic rings. The molecule has 1 aliphatic heterocycles. The first-order valence-corrected chi connectivity index (χ1v) is 6.02. The summed E-state index contributed by atoms with van der Waals surface area (Å²) in [6.45, 7) is 1.17. The molecule has 19 heavy (non-hydrogen) atoms. The van der Waals surface area contributed by atoms with Crippen molar-refractivity contribution in [1.29, 1.82) is 0 Å². The largest absolute Gasteiger partial charge is 0.494 e. The minimum absolute atomic E-state index is 0.0155. The van der Waals surface area contributed by atoms with E-state index in [0.717, 1.165) is 0 Å². The van der Waals surface area contributed by atoms with Gasteiger partial charge in [0.05, 0.1) is 20.3 Å². The van der Waals surface area contributed by atoms with Gasteiger partial charge in [-0.3, -0.25) is 10.1 Å². The minimum Gasteiger partial charge on any atom is -0.494 e. The molecule has 5 nitrogen and oxygen atoms in total. The highest BCUT2D eigenvalue weighted by atomic mass is 19.1. The number of rotatable bonds is 5. The maximum Gasteiger partial charge on any atom is 0.238 e. The van der Waals surface area contributed by atoms with E-state index >= 15 is 0 Å². The summed E-state index contributed by atoms with van der Waals surface area (Å²) in [7, 11) is 3.00. The first kappa shape index (κ1) is 13.8. The Morgan fingerprint density at radius 1 is 1.47 bits per heavy atom. The van der Waals surface area contributed by atoms with Crippen molar-refractivity contribution in [3.05, 3.63) is 29.6 Å². The molecular weight excluding hydrogens is 251 g/mol. The number of ether oxygens (including phenoxy) is 2. The van der Waals surface area contributed by atoms with Gasteiger partial charge in [0.2, 0.25) is 5.91 Å². The highest BCUT2D eigenvalue weighted by Gasteiger charge is 2.31. The van der Waals surface area contributed by atoms with Gasteiger partial charge >= 0.3 is 0 Å². The van der Waals surface area contributed by atoms with Crippen LogP contribution in [0.5, 0.6) is 5.75 Å². The van der Waals surface area contributed by atoms with Gasteiger partial charge in [-0.1, -0.05) is 6.07 Å². The molecule has 1 N–H and O–H groups in total. The molecule has 1 unspecified atom stereocenters. The summed E-state index contributed by atoms with van der Waals surface area (Å²) in [6, 6.07) is 4.69. The third-order valence-corrected chi connectivity index (χ3v) is 3.11. The highest BCUT2D eigenvalue weighted by molar-refractivity contribution is 5.80. The van der Waals surface area contributed by atoms with Crippen LogP contribution >= 0.6 is 0 Å². The molecule has 0 aromatic heterocycles. The SMILES string of the molecule is COCCN1C(=O)CNC1c1ccc(OC)c(F)c1. The zero-order chi connectivity index (χ0) is 13.8. The Kier molecular flexibility index (Phi) is 4.34. The second kappa shape index (κ2) is 5.99. The van der Waals surface area contributed by atoms with Crippen LogP contribution in [0, 0.1) is 5.82 Å². The topological polar surface area (TPSA) is 50.8 Å². The standard InChI is InChI=1S/C13H17FN2O3/c1-18-6-5-16-12(17)8-15-13(16)9-3-4-11(19-2)10(14)7-9/h3-4,7,13,15H,5-6,8H2,1-2H3. The van der Waals surface area contributed by atoms with Gasteiger partial charge in [-0.25, -0.2) is 4.39 Å². The van der Waals surface area contributed by atoms with Gasteiger partial charge in [-0.2, -0.15) is 0 Å². The second-order valence-corrected chi connectivity index (χ2v) is 4.26. The van der Waals surface area contributed by atoms with Crippen LogP contribution in [0.2, 0.25) is 0 Å². The Hall–Kier alpha value is -1.66. The Morgan fingerprint density at radius 2 is 2.26 bits per heavy atom. The number of carbonyl (C=O) groups is 1. The van der Waals surface area contributed by atoms with Crippen LogP contribution in [0.1, 0.15) is 11.7 Å². The van der Waals surface area contributed by atoms with Gasteiger partial charge in [0.1, 0.15) is 6.17 Å². The van der Waals surface area contributed by atoms with E-state index in [1.165, 1.54) is 13.2 Å². The Balaban J connectivity index is 2.19. The first-order chi connectivity index (χ1) is 9.17. The van der Waals surface area contributed by atoms with E-state index in [1.54, 1.807) is 24.1 Å². The summed E-state index contributed by atoms with van der Waals surface area (Å²) < 4.78 is 23.6. The van der Waals surface area contributed by atoms with Crippen molar-refractivity contribution in [2.45, 2.75) is 6.17 Å². The third-order valence-electron chi connectivity index (χ3n) is 3.11. The monoisotopic (exact) mass is 268 g/mol. The number of hydrogen-bond acceptors (Lipinski definition) is 4.